The number of likely N-dealkylation sites (N-methyl/N-ethyl adjacent to an activating group) is 1. The smallest absolute Gasteiger partial charge is 0.251 e. The van der Waals surface area contributed by atoms with E-state index in [1.54, 1.807) is 18.1 Å². The van der Waals surface area contributed by atoms with Crippen molar-refractivity contribution in [3.8, 4) is 5.75 Å². The van der Waals surface area contributed by atoms with Crippen molar-refractivity contribution >= 4 is 34.8 Å². The van der Waals surface area contributed by atoms with Gasteiger partial charge in [-0.05, 0) is 83.1 Å². The molecule has 3 aliphatic rings. The van der Waals surface area contributed by atoms with Gasteiger partial charge in [0, 0.05) is 24.7 Å². The molecular weight excluding hydrogens is 480 g/mol. The van der Waals surface area contributed by atoms with Crippen molar-refractivity contribution in [2.24, 2.45) is 0 Å². The molecule has 38 heavy (non-hydrogen) atoms. The molecule has 0 unspecified atom stereocenters. The number of hydrogen-bond donors (Lipinski definition) is 2. The monoisotopic (exact) mass is 520 g/mol. The molecule has 1 aromatic heterocycles. The van der Waals surface area contributed by atoms with E-state index in [9.17, 15) is 9.59 Å². The van der Waals surface area contributed by atoms with Crippen LogP contribution in [0.25, 0.3) is 0 Å². The van der Waals surface area contributed by atoms with Crippen LogP contribution in [0.3, 0.4) is 0 Å². The predicted molar refractivity (Wildman–Crippen MR) is 151 cm³/mol. The summed E-state index contributed by atoms with van der Waals surface area (Å²) < 4.78 is 5.65. The standard InChI is InChI=1S/C29H40N6O3/c1-19-29(37)34(3)24-12-13-26(32-27(24)35(19)22-8-6-5-7-9-22)31-23-11-10-20(18-25(23)38-4)28(36)30-21-14-16-33(2)17-15-21/h10-13,18-19,21-22H,5-9,14-17H2,1-4H3,(H,30,36)(H,31,32)/t19-/m1/s1. The van der Waals surface area contributed by atoms with Gasteiger partial charge in [0.15, 0.2) is 5.82 Å². The van der Waals surface area contributed by atoms with Gasteiger partial charge in [0.1, 0.15) is 17.6 Å². The number of methoxy groups -OCH3 is 1. The van der Waals surface area contributed by atoms with Gasteiger partial charge in [0.2, 0.25) is 5.91 Å². The number of aromatic nitrogens is 1. The van der Waals surface area contributed by atoms with Crippen molar-refractivity contribution in [3.63, 3.8) is 0 Å². The van der Waals surface area contributed by atoms with Crippen LogP contribution < -0.4 is 25.2 Å². The van der Waals surface area contributed by atoms with Gasteiger partial charge in [0.25, 0.3) is 5.91 Å². The lowest BCUT2D eigenvalue weighted by atomic mass is 9.92. The number of hydrogen-bond acceptors (Lipinski definition) is 7. The number of rotatable bonds is 6. The predicted octanol–water partition coefficient (Wildman–Crippen LogP) is 4.16. The number of anilines is 4. The van der Waals surface area contributed by atoms with Crippen molar-refractivity contribution < 1.29 is 14.3 Å². The molecular formula is C29H40N6O3. The van der Waals surface area contributed by atoms with Crippen LogP contribution in [-0.2, 0) is 4.79 Å². The SMILES string of the molecule is COc1cc(C(=O)NC2CCN(C)CC2)ccc1Nc1ccc2c(n1)N(C1CCCCC1)[C@H](C)C(=O)N2C. The van der Waals surface area contributed by atoms with Gasteiger partial charge < -0.3 is 30.1 Å². The highest BCUT2D eigenvalue weighted by atomic mass is 16.5. The minimum absolute atomic E-state index is 0.0823. The molecule has 9 heteroatoms. The third-order valence-electron chi connectivity index (χ3n) is 8.31. The molecule has 2 aliphatic heterocycles. The Kier molecular flexibility index (Phi) is 7.74. The fourth-order valence-electron chi connectivity index (χ4n) is 6.01. The van der Waals surface area contributed by atoms with Gasteiger partial charge in [-0.25, -0.2) is 4.98 Å². The summed E-state index contributed by atoms with van der Waals surface area (Å²) in [6, 6.07) is 9.55. The summed E-state index contributed by atoms with van der Waals surface area (Å²) in [6.45, 7) is 3.97. The van der Waals surface area contributed by atoms with Crippen molar-refractivity contribution in [1.29, 1.82) is 0 Å². The Bertz CT molecular complexity index is 1170. The van der Waals surface area contributed by atoms with E-state index >= 15 is 0 Å². The van der Waals surface area contributed by atoms with E-state index in [0.717, 1.165) is 56.0 Å². The second-order valence-electron chi connectivity index (χ2n) is 10.9. The zero-order valence-corrected chi connectivity index (χ0v) is 23.0. The Labute approximate surface area is 225 Å². The lowest BCUT2D eigenvalue weighted by Gasteiger charge is -2.44. The largest absolute Gasteiger partial charge is 0.495 e. The number of carbonyl (C=O) groups is 2. The Morgan fingerprint density at radius 1 is 1.03 bits per heavy atom. The summed E-state index contributed by atoms with van der Waals surface area (Å²) in [6.07, 6.45) is 7.69. The fourth-order valence-corrected chi connectivity index (χ4v) is 6.01. The van der Waals surface area contributed by atoms with Crippen LogP contribution in [0.15, 0.2) is 30.3 Å². The highest BCUT2D eigenvalue weighted by molar-refractivity contribution is 6.04. The first-order valence-corrected chi connectivity index (χ1v) is 13.9. The molecule has 2 N–H and O–H groups in total. The maximum absolute atomic E-state index is 13.0. The van der Waals surface area contributed by atoms with Crippen molar-refractivity contribution in [1.82, 2.24) is 15.2 Å². The Hall–Kier alpha value is -3.33. The fraction of sp³-hybridized carbons (Fsp3) is 0.552. The summed E-state index contributed by atoms with van der Waals surface area (Å²) in [5, 5.41) is 6.55. The van der Waals surface area contributed by atoms with Crippen molar-refractivity contribution in [2.45, 2.75) is 70.0 Å². The average Bonchev–Trinajstić information content (AvgIpc) is 2.94. The van der Waals surface area contributed by atoms with Crippen LogP contribution in [0.1, 0.15) is 62.2 Å². The van der Waals surface area contributed by atoms with E-state index < -0.39 is 0 Å². The molecule has 1 saturated carbocycles. The van der Waals surface area contributed by atoms with Gasteiger partial charge in [-0.2, -0.15) is 0 Å². The number of likely N-dealkylation sites (tertiary alicyclic amines) is 1. The lowest BCUT2D eigenvalue weighted by molar-refractivity contribution is -0.119. The number of pyridine rings is 1. The van der Waals surface area contributed by atoms with Crippen LogP contribution in [0.4, 0.5) is 23.0 Å². The van der Waals surface area contributed by atoms with E-state index in [2.05, 4.69) is 27.5 Å². The second-order valence-corrected chi connectivity index (χ2v) is 10.9. The molecule has 204 valence electrons. The first-order chi connectivity index (χ1) is 18.4. The molecule has 1 atom stereocenters. The molecule has 1 aliphatic carbocycles. The molecule has 5 rings (SSSR count). The molecule has 1 aromatic carbocycles. The highest BCUT2D eigenvalue weighted by Crippen LogP contribution is 2.40. The number of amides is 2. The minimum Gasteiger partial charge on any atom is -0.495 e. The third-order valence-corrected chi connectivity index (χ3v) is 8.31. The molecule has 9 nitrogen and oxygen atoms in total. The minimum atomic E-state index is -0.254. The van der Waals surface area contributed by atoms with Crippen LogP contribution in [0.2, 0.25) is 0 Å². The number of carbonyl (C=O) groups excluding carboxylic acids is 2. The van der Waals surface area contributed by atoms with E-state index in [0.29, 0.717) is 23.2 Å². The molecule has 2 fully saturated rings. The molecule has 3 heterocycles. The number of benzene rings is 1. The average molecular weight is 521 g/mol. The normalized spacial score (nSPS) is 21.3. The van der Waals surface area contributed by atoms with Crippen LogP contribution in [0, 0.1) is 0 Å². The van der Waals surface area contributed by atoms with Gasteiger partial charge >= 0.3 is 0 Å². The summed E-state index contributed by atoms with van der Waals surface area (Å²) >= 11 is 0. The molecule has 0 bridgehead atoms. The summed E-state index contributed by atoms with van der Waals surface area (Å²) in [4.78, 5) is 37.2. The molecule has 1 saturated heterocycles. The van der Waals surface area contributed by atoms with E-state index in [-0.39, 0.29) is 23.9 Å². The highest BCUT2D eigenvalue weighted by Gasteiger charge is 2.39. The van der Waals surface area contributed by atoms with Crippen LogP contribution in [0.5, 0.6) is 5.75 Å². The number of piperidine rings is 1. The summed E-state index contributed by atoms with van der Waals surface area (Å²) in [5.41, 5.74) is 2.13. The molecule has 0 spiro atoms. The molecule has 0 radical (unpaired) electrons. The van der Waals surface area contributed by atoms with Crippen molar-refractivity contribution in [3.05, 3.63) is 35.9 Å². The zero-order valence-electron chi connectivity index (χ0n) is 23.0. The lowest BCUT2D eigenvalue weighted by Crippen LogP contribution is -2.55. The topological polar surface area (TPSA) is 90.0 Å². The maximum atomic E-state index is 13.0. The number of nitrogens with one attached hydrogen (secondary N) is 2. The first kappa shape index (κ1) is 26.3. The van der Waals surface area contributed by atoms with E-state index in [4.69, 9.17) is 9.72 Å². The van der Waals surface area contributed by atoms with Crippen LogP contribution >= 0.6 is 0 Å². The van der Waals surface area contributed by atoms with Gasteiger partial charge in [-0.1, -0.05) is 19.3 Å². The van der Waals surface area contributed by atoms with Crippen LogP contribution in [-0.4, -0.2) is 74.1 Å². The number of fused-ring (bicyclic) bond motifs is 1. The summed E-state index contributed by atoms with van der Waals surface area (Å²) in [7, 11) is 5.54. The third kappa shape index (κ3) is 5.29. The number of nitrogens with zero attached hydrogens (tertiary/aromatic N) is 4. The van der Waals surface area contributed by atoms with Crippen molar-refractivity contribution in [2.75, 3.05) is 49.4 Å². The van der Waals surface area contributed by atoms with Gasteiger partial charge in [-0.3, -0.25) is 9.59 Å². The summed E-state index contributed by atoms with van der Waals surface area (Å²) in [5.74, 6) is 2.10. The Balaban J connectivity index is 1.36. The second kappa shape index (κ2) is 11.2. The molecule has 2 amide bonds. The molecule has 2 aromatic rings. The first-order valence-electron chi connectivity index (χ1n) is 13.9. The van der Waals surface area contributed by atoms with E-state index in [1.165, 1.54) is 19.3 Å². The maximum Gasteiger partial charge on any atom is 0.251 e. The Morgan fingerprint density at radius 2 is 1.76 bits per heavy atom. The number of ether oxygens (including phenoxy) is 1. The van der Waals surface area contributed by atoms with Gasteiger partial charge in [-0.15, -0.1) is 0 Å². The van der Waals surface area contributed by atoms with Gasteiger partial charge in [0.05, 0.1) is 18.5 Å². The van der Waals surface area contributed by atoms with E-state index in [1.807, 2.05) is 38.2 Å². The Morgan fingerprint density at radius 3 is 2.47 bits per heavy atom. The quantitative estimate of drug-likeness (QED) is 0.591. The zero-order chi connectivity index (χ0) is 26.8.